The zero-order chi connectivity index (χ0) is 44.2. The highest BCUT2D eigenvalue weighted by Gasteiger charge is 2.19. The van der Waals surface area contributed by atoms with Crippen LogP contribution in [0.5, 0.6) is 0 Å². The van der Waals surface area contributed by atoms with Gasteiger partial charge >= 0.3 is 17.9 Å². The van der Waals surface area contributed by atoms with E-state index < -0.39 is 6.10 Å². The number of hydrogen-bond donors (Lipinski definition) is 0. The Bertz CT molecular complexity index is 931. The standard InChI is InChI=1S/C54H104O6/c1-7-50(6)42-36-30-24-18-13-14-20-26-32-38-44-53(56)59-47-51(60-54(57)45-39-33-27-21-15-17-23-29-35-41-49(4)5)46-58-52(55)43-37-31-25-19-12-10-8-9-11-16-22-28-34-40-48(2)3/h48-51H,7-47H2,1-6H3/t50?,51-/m0/s1. The summed E-state index contributed by atoms with van der Waals surface area (Å²) in [5.41, 5.74) is 0. The van der Waals surface area contributed by atoms with Gasteiger partial charge in [-0.25, -0.2) is 0 Å². The van der Waals surface area contributed by atoms with Crippen molar-refractivity contribution in [3.8, 4) is 0 Å². The highest BCUT2D eigenvalue weighted by Crippen LogP contribution is 2.18. The van der Waals surface area contributed by atoms with E-state index in [4.69, 9.17) is 14.2 Å². The molecule has 0 saturated heterocycles. The Labute approximate surface area is 374 Å². The second-order valence-electron chi connectivity index (χ2n) is 19.7. The largest absolute Gasteiger partial charge is 0.462 e. The molecule has 0 aliphatic heterocycles. The lowest BCUT2D eigenvalue weighted by atomic mass is 9.99. The van der Waals surface area contributed by atoms with Crippen LogP contribution >= 0.6 is 0 Å². The lowest BCUT2D eigenvalue weighted by Crippen LogP contribution is -2.30. The molecule has 0 amide bonds. The second kappa shape index (κ2) is 45.4. The number of carbonyl (C=O) groups excluding carboxylic acids is 3. The van der Waals surface area contributed by atoms with Crippen molar-refractivity contribution in [1.29, 1.82) is 0 Å². The van der Waals surface area contributed by atoms with E-state index >= 15 is 0 Å². The quantitative estimate of drug-likeness (QED) is 0.0345. The average Bonchev–Trinajstić information content (AvgIpc) is 3.22. The van der Waals surface area contributed by atoms with Gasteiger partial charge in [0.05, 0.1) is 0 Å². The van der Waals surface area contributed by atoms with Crippen molar-refractivity contribution >= 4 is 17.9 Å². The normalized spacial score (nSPS) is 12.6. The van der Waals surface area contributed by atoms with E-state index in [0.29, 0.717) is 19.3 Å². The first-order chi connectivity index (χ1) is 29.1. The molecular formula is C54H104O6. The molecule has 0 saturated carbocycles. The fourth-order valence-corrected chi connectivity index (χ4v) is 8.08. The van der Waals surface area contributed by atoms with Crippen molar-refractivity contribution in [2.75, 3.05) is 13.2 Å². The van der Waals surface area contributed by atoms with E-state index in [9.17, 15) is 14.4 Å². The fourth-order valence-electron chi connectivity index (χ4n) is 8.08. The molecule has 0 aromatic rings. The molecule has 0 aromatic carbocycles. The van der Waals surface area contributed by atoms with Crippen LogP contribution in [0.2, 0.25) is 0 Å². The van der Waals surface area contributed by atoms with E-state index in [1.165, 1.54) is 173 Å². The van der Waals surface area contributed by atoms with Gasteiger partial charge in [-0.2, -0.15) is 0 Å². The van der Waals surface area contributed by atoms with E-state index in [0.717, 1.165) is 75.5 Å². The first kappa shape index (κ1) is 58.4. The molecule has 0 aliphatic rings. The summed E-state index contributed by atoms with van der Waals surface area (Å²) in [6.45, 7) is 13.7. The molecule has 0 spiro atoms. The van der Waals surface area contributed by atoms with E-state index in [1.54, 1.807) is 0 Å². The van der Waals surface area contributed by atoms with E-state index in [-0.39, 0.29) is 31.1 Å². The summed E-state index contributed by atoms with van der Waals surface area (Å²) in [4.78, 5) is 38.0. The second-order valence-corrected chi connectivity index (χ2v) is 19.7. The Kier molecular flexibility index (Phi) is 44.2. The maximum absolute atomic E-state index is 12.8. The first-order valence-electron chi connectivity index (χ1n) is 26.6. The number of unbranched alkanes of at least 4 members (excludes halogenated alkanes) is 29. The van der Waals surface area contributed by atoms with Crippen LogP contribution in [0.1, 0.15) is 292 Å². The predicted molar refractivity (Wildman–Crippen MR) is 256 cm³/mol. The summed E-state index contributed by atoms with van der Waals surface area (Å²) in [6.07, 6.45) is 45.1. The minimum absolute atomic E-state index is 0.0647. The van der Waals surface area contributed by atoms with Crippen molar-refractivity contribution in [2.24, 2.45) is 17.8 Å². The monoisotopic (exact) mass is 849 g/mol. The van der Waals surface area contributed by atoms with Gasteiger partial charge in [0.2, 0.25) is 0 Å². The van der Waals surface area contributed by atoms with Gasteiger partial charge in [0.15, 0.2) is 6.10 Å². The maximum atomic E-state index is 12.8. The third-order valence-electron chi connectivity index (χ3n) is 12.5. The van der Waals surface area contributed by atoms with Gasteiger partial charge in [-0.1, -0.05) is 253 Å². The Morgan fingerprint density at radius 3 is 0.867 bits per heavy atom. The van der Waals surface area contributed by atoms with Gasteiger partial charge in [0, 0.05) is 19.3 Å². The Balaban J connectivity index is 4.31. The van der Waals surface area contributed by atoms with Crippen LogP contribution in [0.25, 0.3) is 0 Å². The molecule has 6 nitrogen and oxygen atoms in total. The van der Waals surface area contributed by atoms with Crippen molar-refractivity contribution < 1.29 is 28.6 Å². The zero-order valence-corrected chi connectivity index (χ0v) is 41.3. The summed E-state index contributed by atoms with van der Waals surface area (Å²) in [5, 5.41) is 0. The minimum Gasteiger partial charge on any atom is -0.462 e. The third-order valence-corrected chi connectivity index (χ3v) is 12.5. The van der Waals surface area contributed by atoms with Crippen LogP contribution in [0, 0.1) is 17.8 Å². The van der Waals surface area contributed by atoms with Crippen molar-refractivity contribution in [3.05, 3.63) is 0 Å². The highest BCUT2D eigenvalue weighted by atomic mass is 16.6. The number of rotatable bonds is 47. The van der Waals surface area contributed by atoms with E-state index in [1.807, 2.05) is 0 Å². The molecule has 0 fully saturated rings. The van der Waals surface area contributed by atoms with Crippen LogP contribution in [-0.4, -0.2) is 37.2 Å². The summed E-state index contributed by atoms with van der Waals surface area (Å²) < 4.78 is 16.8. The van der Waals surface area contributed by atoms with Gasteiger partial charge < -0.3 is 14.2 Å². The topological polar surface area (TPSA) is 78.9 Å². The van der Waals surface area contributed by atoms with Crippen LogP contribution in [0.3, 0.4) is 0 Å². The molecule has 0 aromatic heterocycles. The Morgan fingerprint density at radius 1 is 0.333 bits per heavy atom. The number of ether oxygens (including phenoxy) is 3. The smallest absolute Gasteiger partial charge is 0.306 e. The molecule has 60 heavy (non-hydrogen) atoms. The minimum atomic E-state index is -0.763. The summed E-state index contributed by atoms with van der Waals surface area (Å²) >= 11 is 0. The van der Waals surface area contributed by atoms with Crippen molar-refractivity contribution in [3.63, 3.8) is 0 Å². The van der Waals surface area contributed by atoms with Crippen molar-refractivity contribution in [1.82, 2.24) is 0 Å². The molecule has 0 radical (unpaired) electrons. The molecule has 2 atom stereocenters. The van der Waals surface area contributed by atoms with Gasteiger partial charge in [-0.3, -0.25) is 14.4 Å². The zero-order valence-electron chi connectivity index (χ0n) is 41.3. The van der Waals surface area contributed by atoms with Gasteiger partial charge in [-0.05, 0) is 37.0 Å². The lowest BCUT2D eigenvalue weighted by molar-refractivity contribution is -0.167. The Morgan fingerprint density at radius 2 is 0.583 bits per heavy atom. The average molecular weight is 849 g/mol. The van der Waals surface area contributed by atoms with Gasteiger partial charge in [0.1, 0.15) is 13.2 Å². The van der Waals surface area contributed by atoms with Crippen molar-refractivity contribution in [2.45, 2.75) is 298 Å². The van der Waals surface area contributed by atoms with Crippen LogP contribution < -0.4 is 0 Å². The Hall–Kier alpha value is -1.59. The van der Waals surface area contributed by atoms with Gasteiger partial charge in [-0.15, -0.1) is 0 Å². The molecule has 0 bridgehead atoms. The number of esters is 3. The maximum Gasteiger partial charge on any atom is 0.306 e. The molecule has 6 heteroatoms. The molecule has 0 aliphatic carbocycles. The number of hydrogen-bond acceptors (Lipinski definition) is 6. The number of carbonyl (C=O) groups is 3. The summed E-state index contributed by atoms with van der Waals surface area (Å²) in [5.74, 6) is 1.66. The van der Waals surface area contributed by atoms with Crippen LogP contribution in [0.4, 0.5) is 0 Å². The fraction of sp³-hybridized carbons (Fsp3) is 0.944. The summed E-state index contributed by atoms with van der Waals surface area (Å²) in [6, 6.07) is 0. The van der Waals surface area contributed by atoms with Crippen LogP contribution in [0.15, 0.2) is 0 Å². The molecule has 0 N–H and O–H groups in total. The van der Waals surface area contributed by atoms with Gasteiger partial charge in [0.25, 0.3) is 0 Å². The third kappa shape index (κ3) is 45.9. The lowest BCUT2D eigenvalue weighted by Gasteiger charge is -2.18. The summed E-state index contributed by atoms with van der Waals surface area (Å²) in [7, 11) is 0. The SMILES string of the molecule is CCC(C)CCCCCCCCCCCCC(=O)OC[C@H](COC(=O)CCCCCCCCCCCCCCCC(C)C)OC(=O)CCCCCCCCCCCC(C)C. The highest BCUT2D eigenvalue weighted by molar-refractivity contribution is 5.71. The first-order valence-corrected chi connectivity index (χ1v) is 26.6. The van der Waals surface area contributed by atoms with E-state index in [2.05, 4.69) is 41.5 Å². The molecule has 1 unspecified atom stereocenters. The molecule has 0 heterocycles. The van der Waals surface area contributed by atoms with Crippen LogP contribution in [-0.2, 0) is 28.6 Å². The predicted octanol–water partition coefficient (Wildman–Crippen LogP) is 17.2. The molecular weight excluding hydrogens is 745 g/mol. The molecule has 356 valence electrons. The molecule has 0 rings (SSSR count).